The van der Waals surface area contributed by atoms with E-state index in [0.717, 1.165) is 40.6 Å². The zero-order chi connectivity index (χ0) is 21.5. The highest BCUT2D eigenvalue weighted by atomic mass is 19.1. The van der Waals surface area contributed by atoms with E-state index in [1.165, 1.54) is 4.68 Å². The number of aryl methyl sites for hydroxylation is 2. The number of imidazole rings is 1. The number of hydrogen-bond donors (Lipinski definition) is 0. The lowest BCUT2D eigenvalue weighted by Crippen LogP contribution is -2.09. The highest BCUT2D eigenvalue weighted by Crippen LogP contribution is 2.26. The van der Waals surface area contributed by atoms with Gasteiger partial charge in [0.2, 0.25) is 11.8 Å². The molecule has 3 heterocycles. The van der Waals surface area contributed by atoms with E-state index >= 15 is 0 Å². The van der Waals surface area contributed by atoms with Gasteiger partial charge in [0.05, 0.1) is 16.7 Å². The monoisotopic (exact) mass is 420 g/mol. The fourth-order valence-corrected chi connectivity index (χ4v) is 3.71. The topological polar surface area (TPSA) is 74.6 Å². The van der Waals surface area contributed by atoms with Crippen LogP contribution in [0.3, 0.4) is 0 Å². The van der Waals surface area contributed by atoms with Gasteiger partial charge in [0.15, 0.2) is 0 Å². The number of hydrogen-bond acceptors (Lipinski definition) is 5. The van der Waals surface area contributed by atoms with Crippen LogP contribution in [0.1, 0.15) is 24.3 Å². The van der Waals surface area contributed by atoms with Crippen LogP contribution in [0.2, 0.25) is 0 Å². The van der Waals surface area contributed by atoms with E-state index in [2.05, 4.69) is 19.9 Å². The molecule has 0 saturated heterocycles. The van der Waals surface area contributed by atoms with Crippen LogP contribution in [0.25, 0.3) is 28.2 Å². The van der Waals surface area contributed by atoms with E-state index in [4.69, 9.17) is 9.40 Å². The zero-order valence-corrected chi connectivity index (χ0v) is 16.9. The molecule has 0 aliphatic carbocycles. The zero-order valence-electron chi connectivity index (χ0n) is 16.9. The normalized spacial score (nSPS) is 11.5. The number of aromatic nitrogens is 6. The molecule has 0 aliphatic heterocycles. The van der Waals surface area contributed by atoms with Crippen molar-refractivity contribution in [2.45, 2.75) is 26.8 Å². The van der Waals surface area contributed by atoms with Crippen LogP contribution in [-0.4, -0.2) is 29.5 Å². The molecule has 0 N–H and O–H groups in total. The lowest BCUT2D eigenvalue weighted by Gasteiger charge is -2.10. The van der Waals surface area contributed by atoms with Crippen LogP contribution in [0, 0.1) is 18.6 Å². The Morgan fingerprint density at radius 1 is 1.03 bits per heavy atom. The quantitative estimate of drug-likeness (QED) is 0.419. The molecule has 0 atom stereocenters. The molecule has 5 rings (SSSR count). The van der Waals surface area contributed by atoms with Gasteiger partial charge in [0, 0.05) is 37.7 Å². The average Bonchev–Trinajstić information content (AvgIpc) is 3.47. The Balaban J connectivity index is 1.56. The summed E-state index contributed by atoms with van der Waals surface area (Å²) in [4.78, 5) is 4.79. The minimum absolute atomic E-state index is 0.0632. The van der Waals surface area contributed by atoms with E-state index in [9.17, 15) is 8.78 Å². The number of fused-ring (bicyclic) bond motifs is 1. The number of rotatable bonds is 5. The Bertz CT molecular complexity index is 1400. The first-order valence-corrected chi connectivity index (χ1v) is 9.81. The molecule has 3 aromatic heterocycles. The molecule has 0 spiro atoms. The second-order valence-corrected chi connectivity index (χ2v) is 7.11. The third-order valence-corrected chi connectivity index (χ3v) is 5.11. The summed E-state index contributed by atoms with van der Waals surface area (Å²) in [6.45, 7) is 4.47. The molecule has 5 aromatic rings. The van der Waals surface area contributed by atoms with Gasteiger partial charge in [0.25, 0.3) is 0 Å². The first-order valence-electron chi connectivity index (χ1n) is 9.81. The summed E-state index contributed by atoms with van der Waals surface area (Å²) in [7, 11) is 0. The van der Waals surface area contributed by atoms with Crippen molar-refractivity contribution in [2.24, 2.45) is 0 Å². The third kappa shape index (κ3) is 3.37. The Labute approximate surface area is 176 Å². The Kier molecular flexibility index (Phi) is 4.58. The predicted octanol–water partition coefficient (Wildman–Crippen LogP) is 4.47. The van der Waals surface area contributed by atoms with Gasteiger partial charge in [-0.25, -0.2) is 18.4 Å². The van der Waals surface area contributed by atoms with Crippen molar-refractivity contribution < 1.29 is 13.2 Å². The van der Waals surface area contributed by atoms with Gasteiger partial charge in [-0.15, -0.1) is 10.2 Å². The third-order valence-electron chi connectivity index (χ3n) is 5.11. The number of nitrogens with zero attached hydrogens (tertiary/aromatic N) is 6. The lowest BCUT2D eigenvalue weighted by atomic mass is 10.2. The summed E-state index contributed by atoms with van der Waals surface area (Å²) >= 11 is 0. The van der Waals surface area contributed by atoms with Gasteiger partial charge >= 0.3 is 0 Å². The fraction of sp³-hybridized carbons (Fsp3) is 0.182. The molecule has 31 heavy (non-hydrogen) atoms. The standard InChI is InChI=1S/C22H18F2N6O/c1-3-29-19-7-4-14(22-28-27-13(2)31-22)10-18(19)26-21(29)12-16-8-9-25-30(16)20-11-15(23)5-6-17(20)24/h4-11H,3,12H2,1-2H3. The maximum absolute atomic E-state index is 14.3. The van der Waals surface area contributed by atoms with Crippen LogP contribution >= 0.6 is 0 Å². The summed E-state index contributed by atoms with van der Waals surface area (Å²) in [6, 6.07) is 10.9. The smallest absolute Gasteiger partial charge is 0.247 e. The van der Waals surface area contributed by atoms with Crippen molar-refractivity contribution in [1.29, 1.82) is 0 Å². The minimum atomic E-state index is -0.546. The first kappa shape index (κ1) is 19.1. The van der Waals surface area contributed by atoms with E-state index in [1.54, 1.807) is 19.2 Å². The van der Waals surface area contributed by atoms with Crippen molar-refractivity contribution in [3.8, 4) is 17.1 Å². The number of benzene rings is 2. The molecule has 0 unspecified atom stereocenters. The van der Waals surface area contributed by atoms with Crippen molar-refractivity contribution in [3.63, 3.8) is 0 Å². The molecule has 0 aliphatic rings. The summed E-state index contributed by atoms with van der Waals surface area (Å²) in [5, 5.41) is 12.1. The minimum Gasteiger partial charge on any atom is -0.421 e. The Hall–Kier alpha value is -3.88. The molecular formula is C22H18F2N6O. The van der Waals surface area contributed by atoms with Gasteiger partial charge in [0.1, 0.15) is 23.1 Å². The van der Waals surface area contributed by atoms with Crippen molar-refractivity contribution in [2.75, 3.05) is 0 Å². The van der Waals surface area contributed by atoms with E-state index in [0.29, 0.717) is 30.4 Å². The second-order valence-electron chi connectivity index (χ2n) is 7.11. The molecule has 156 valence electrons. The van der Waals surface area contributed by atoms with Crippen LogP contribution < -0.4 is 0 Å². The second kappa shape index (κ2) is 7.42. The van der Waals surface area contributed by atoms with Crippen LogP contribution in [0.4, 0.5) is 8.78 Å². The van der Waals surface area contributed by atoms with Gasteiger partial charge in [-0.2, -0.15) is 5.10 Å². The SMILES string of the molecule is CCn1c(Cc2ccnn2-c2cc(F)ccc2F)nc2cc(-c3nnc(C)o3)ccc21. The fourth-order valence-electron chi connectivity index (χ4n) is 3.71. The maximum Gasteiger partial charge on any atom is 0.247 e. The maximum atomic E-state index is 14.3. The molecule has 0 radical (unpaired) electrons. The van der Waals surface area contributed by atoms with Crippen molar-refractivity contribution >= 4 is 11.0 Å². The molecule has 0 fully saturated rings. The van der Waals surface area contributed by atoms with Gasteiger partial charge < -0.3 is 8.98 Å². The van der Waals surface area contributed by atoms with Gasteiger partial charge in [-0.3, -0.25) is 0 Å². The highest BCUT2D eigenvalue weighted by Gasteiger charge is 2.17. The summed E-state index contributed by atoms with van der Waals surface area (Å²) < 4.78 is 37.0. The molecule has 0 saturated carbocycles. The Morgan fingerprint density at radius 2 is 1.90 bits per heavy atom. The predicted molar refractivity (Wildman–Crippen MR) is 110 cm³/mol. The molecule has 2 aromatic carbocycles. The molecular weight excluding hydrogens is 402 g/mol. The van der Waals surface area contributed by atoms with Crippen LogP contribution in [0.5, 0.6) is 0 Å². The largest absolute Gasteiger partial charge is 0.421 e. The lowest BCUT2D eigenvalue weighted by molar-refractivity contribution is 0.533. The summed E-state index contributed by atoms with van der Waals surface area (Å²) in [6.07, 6.45) is 1.96. The van der Waals surface area contributed by atoms with E-state index in [1.807, 2.05) is 25.1 Å². The first-order chi connectivity index (χ1) is 15.0. The number of halogens is 2. The van der Waals surface area contributed by atoms with E-state index < -0.39 is 11.6 Å². The van der Waals surface area contributed by atoms with Gasteiger partial charge in [-0.1, -0.05) is 0 Å². The summed E-state index contributed by atoms with van der Waals surface area (Å²) in [5.41, 5.74) is 3.29. The molecule has 0 amide bonds. The average molecular weight is 420 g/mol. The van der Waals surface area contributed by atoms with Crippen molar-refractivity contribution in [3.05, 3.63) is 77.7 Å². The van der Waals surface area contributed by atoms with Gasteiger partial charge in [-0.05, 0) is 43.3 Å². The molecule has 7 nitrogen and oxygen atoms in total. The molecule has 9 heteroatoms. The molecule has 0 bridgehead atoms. The Morgan fingerprint density at radius 3 is 2.68 bits per heavy atom. The van der Waals surface area contributed by atoms with Crippen LogP contribution in [-0.2, 0) is 13.0 Å². The highest BCUT2D eigenvalue weighted by molar-refractivity contribution is 5.81. The van der Waals surface area contributed by atoms with Crippen molar-refractivity contribution in [1.82, 2.24) is 29.5 Å². The van der Waals surface area contributed by atoms with Crippen LogP contribution in [0.15, 0.2) is 53.1 Å². The van der Waals surface area contributed by atoms with E-state index in [-0.39, 0.29) is 5.69 Å². The summed E-state index contributed by atoms with van der Waals surface area (Å²) in [5.74, 6) is 0.645.